The van der Waals surface area contributed by atoms with Gasteiger partial charge in [0.05, 0.1) is 16.6 Å². The third-order valence-electron chi connectivity index (χ3n) is 3.19. The number of rotatable bonds is 6. The number of halogens is 3. The molecule has 0 aromatic heterocycles. The van der Waals surface area contributed by atoms with Gasteiger partial charge < -0.3 is 15.2 Å². The van der Waals surface area contributed by atoms with Gasteiger partial charge in [-0.1, -0.05) is 34.8 Å². The molecule has 8 heteroatoms. The number of carbonyl (C=O) groups excluding carboxylic acids is 1. The van der Waals surface area contributed by atoms with Crippen LogP contribution in [0.2, 0.25) is 15.1 Å². The van der Waals surface area contributed by atoms with Crippen LogP contribution in [0.25, 0.3) is 0 Å². The highest BCUT2D eigenvalue weighted by Gasteiger charge is 2.56. The number of carbonyl (C=O) groups is 2. The van der Waals surface area contributed by atoms with Crippen molar-refractivity contribution < 1.29 is 19.4 Å². The van der Waals surface area contributed by atoms with Crippen molar-refractivity contribution in [2.24, 2.45) is 5.41 Å². The molecule has 0 atom stereocenters. The zero-order chi connectivity index (χ0) is 15.6. The second kappa shape index (κ2) is 6.30. The maximum absolute atomic E-state index is 11.7. The molecule has 0 bridgehead atoms. The first kappa shape index (κ1) is 16.2. The maximum atomic E-state index is 11.7. The third kappa shape index (κ3) is 3.54. The fraction of sp³-hybridized carbons (Fsp3) is 0.385. The second-order valence-electron chi connectivity index (χ2n) is 4.69. The molecule has 2 N–H and O–H groups in total. The standard InChI is InChI=1S/C13H12Cl3NO4/c14-7-5-8(15)10(9(16)6-7)21-4-3-17-11(18)13(1-2-13)12(19)20/h5-6H,1-4H2,(H,17,18)(H,19,20). The summed E-state index contributed by atoms with van der Waals surface area (Å²) in [5.41, 5.74) is -1.25. The van der Waals surface area contributed by atoms with E-state index in [2.05, 4.69) is 5.32 Å². The predicted molar refractivity (Wildman–Crippen MR) is 79.3 cm³/mol. The highest BCUT2D eigenvalue weighted by atomic mass is 35.5. The number of carboxylic acids is 1. The molecule has 1 amide bonds. The van der Waals surface area contributed by atoms with Gasteiger partial charge in [-0.15, -0.1) is 0 Å². The van der Waals surface area contributed by atoms with Gasteiger partial charge in [-0.3, -0.25) is 9.59 Å². The molecular weight excluding hydrogens is 341 g/mol. The SMILES string of the molecule is O=C(O)C1(C(=O)NCCOc2c(Cl)cc(Cl)cc2Cl)CC1. The van der Waals surface area contributed by atoms with Gasteiger partial charge in [0.2, 0.25) is 5.91 Å². The van der Waals surface area contributed by atoms with Gasteiger partial charge in [0, 0.05) is 5.02 Å². The van der Waals surface area contributed by atoms with Crippen LogP contribution in [0, 0.1) is 5.41 Å². The number of carboxylic acid groups (broad SMARTS) is 1. The van der Waals surface area contributed by atoms with Gasteiger partial charge in [-0.25, -0.2) is 0 Å². The lowest BCUT2D eigenvalue weighted by atomic mass is 10.1. The molecule has 114 valence electrons. The van der Waals surface area contributed by atoms with Crippen LogP contribution in [-0.4, -0.2) is 30.1 Å². The maximum Gasteiger partial charge on any atom is 0.319 e. The van der Waals surface area contributed by atoms with Crippen LogP contribution in [0.1, 0.15) is 12.8 Å². The van der Waals surface area contributed by atoms with E-state index < -0.39 is 17.3 Å². The first-order chi connectivity index (χ1) is 9.86. The molecule has 2 rings (SSSR count). The summed E-state index contributed by atoms with van der Waals surface area (Å²) < 4.78 is 5.38. The van der Waals surface area contributed by atoms with E-state index in [0.29, 0.717) is 17.9 Å². The molecule has 1 saturated carbocycles. The van der Waals surface area contributed by atoms with E-state index in [9.17, 15) is 9.59 Å². The van der Waals surface area contributed by atoms with Crippen molar-refractivity contribution >= 4 is 46.7 Å². The van der Waals surface area contributed by atoms with Crippen molar-refractivity contribution in [2.75, 3.05) is 13.2 Å². The second-order valence-corrected chi connectivity index (χ2v) is 5.94. The first-order valence-corrected chi connectivity index (χ1v) is 7.29. The van der Waals surface area contributed by atoms with Crippen LogP contribution in [0.5, 0.6) is 5.75 Å². The monoisotopic (exact) mass is 351 g/mol. The number of hydrogen-bond donors (Lipinski definition) is 2. The van der Waals surface area contributed by atoms with Crippen LogP contribution < -0.4 is 10.1 Å². The number of aliphatic carboxylic acids is 1. The van der Waals surface area contributed by atoms with E-state index in [1.807, 2.05) is 0 Å². The Morgan fingerprint density at radius 2 is 1.81 bits per heavy atom. The van der Waals surface area contributed by atoms with Gasteiger partial charge in [-0.2, -0.15) is 0 Å². The Balaban J connectivity index is 1.83. The van der Waals surface area contributed by atoms with Crippen LogP contribution in [-0.2, 0) is 9.59 Å². The van der Waals surface area contributed by atoms with E-state index in [1.165, 1.54) is 12.1 Å². The number of nitrogens with one attached hydrogen (secondary N) is 1. The predicted octanol–water partition coefficient (Wildman–Crippen LogP) is 3.01. The van der Waals surface area contributed by atoms with Crippen molar-refractivity contribution in [1.82, 2.24) is 5.32 Å². The molecule has 1 aromatic rings. The lowest BCUT2D eigenvalue weighted by molar-refractivity contribution is -0.149. The Hall–Kier alpha value is -1.17. The van der Waals surface area contributed by atoms with Crippen molar-refractivity contribution in [3.63, 3.8) is 0 Å². The summed E-state index contributed by atoms with van der Waals surface area (Å²) in [6.07, 6.45) is 0.730. The van der Waals surface area contributed by atoms with Crippen molar-refractivity contribution in [2.45, 2.75) is 12.8 Å². The van der Waals surface area contributed by atoms with Crippen molar-refractivity contribution in [3.8, 4) is 5.75 Å². The molecule has 0 saturated heterocycles. The van der Waals surface area contributed by atoms with E-state index in [-0.39, 0.29) is 28.9 Å². The molecule has 5 nitrogen and oxygen atoms in total. The van der Waals surface area contributed by atoms with Crippen LogP contribution in [0.4, 0.5) is 0 Å². The average molecular weight is 353 g/mol. The van der Waals surface area contributed by atoms with Crippen molar-refractivity contribution in [1.29, 1.82) is 0 Å². The van der Waals surface area contributed by atoms with Gasteiger partial charge in [0.1, 0.15) is 12.0 Å². The summed E-state index contributed by atoms with van der Waals surface area (Å²) in [5, 5.41) is 12.4. The molecular formula is C13H12Cl3NO4. The fourth-order valence-corrected chi connectivity index (χ4v) is 2.74. The molecule has 1 aromatic carbocycles. The lowest BCUT2D eigenvalue weighted by Crippen LogP contribution is -2.38. The normalized spacial score (nSPS) is 15.4. The summed E-state index contributed by atoms with van der Waals surface area (Å²) in [4.78, 5) is 22.7. The van der Waals surface area contributed by atoms with Gasteiger partial charge in [-0.05, 0) is 25.0 Å². The largest absolute Gasteiger partial charge is 0.489 e. The van der Waals surface area contributed by atoms with Crippen LogP contribution in [0.15, 0.2) is 12.1 Å². The zero-order valence-corrected chi connectivity index (χ0v) is 13.1. The number of hydrogen-bond acceptors (Lipinski definition) is 3. The first-order valence-electron chi connectivity index (χ1n) is 6.16. The Morgan fingerprint density at radius 1 is 1.24 bits per heavy atom. The molecule has 0 aliphatic heterocycles. The summed E-state index contributed by atoms with van der Waals surface area (Å²) in [5.74, 6) is -1.31. The minimum atomic E-state index is -1.25. The summed E-state index contributed by atoms with van der Waals surface area (Å²) in [7, 11) is 0. The third-order valence-corrected chi connectivity index (χ3v) is 3.97. The van der Waals surface area contributed by atoms with E-state index in [4.69, 9.17) is 44.6 Å². The molecule has 1 aliphatic rings. The summed E-state index contributed by atoms with van der Waals surface area (Å²) in [6.45, 7) is 0.270. The number of amides is 1. The highest BCUT2D eigenvalue weighted by Crippen LogP contribution is 2.46. The molecule has 1 fully saturated rings. The quantitative estimate of drug-likeness (QED) is 0.609. The number of ether oxygens (including phenoxy) is 1. The molecule has 0 radical (unpaired) electrons. The van der Waals surface area contributed by atoms with Crippen molar-refractivity contribution in [3.05, 3.63) is 27.2 Å². The summed E-state index contributed by atoms with van der Waals surface area (Å²) >= 11 is 17.7. The Bertz CT molecular complexity index is 564. The van der Waals surface area contributed by atoms with Crippen LogP contribution >= 0.6 is 34.8 Å². The zero-order valence-electron chi connectivity index (χ0n) is 10.8. The summed E-state index contributed by atoms with van der Waals surface area (Å²) in [6, 6.07) is 2.99. The smallest absolute Gasteiger partial charge is 0.319 e. The highest BCUT2D eigenvalue weighted by molar-refractivity contribution is 6.40. The van der Waals surface area contributed by atoms with E-state index >= 15 is 0 Å². The Labute approximate surface area is 136 Å². The van der Waals surface area contributed by atoms with E-state index in [1.54, 1.807) is 0 Å². The van der Waals surface area contributed by atoms with E-state index in [0.717, 1.165) is 0 Å². The Morgan fingerprint density at radius 3 is 2.29 bits per heavy atom. The molecule has 0 spiro atoms. The molecule has 1 aliphatic carbocycles. The fourth-order valence-electron chi connectivity index (χ4n) is 1.82. The minimum absolute atomic E-state index is 0.114. The van der Waals surface area contributed by atoms with Gasteiger partial charge in [0.25, 0.3) is 0 Å². The van der Waals surface area contributed by atoms with Crippen LogP contribution in [0.3, 0.4) is 0 Å². The minimum Gasteiger partial charge on any atom is -0.489 e. The number of benzene rings is 1. The van der Waals surface area contributed by atoms with Gasteiger partial charge in [0.15, 0.2) is 5.75 Å². The topological polar surface area (TPSA) is 75.6 Å². The molecule has 0 heterocycles. The Kier molecular flexibility index (Phi) is 4.86. The lowest BCUT2D eigenvalue weighted by Gasteiger charge is -2.13. The molecule has 0 unspecified atom stereocenters. The average Bonchev–Trinajstić information content (AvgIpc) is 3.17. The molecule has 21 heavy (non-hydrogen) atoms. The van der Waals surface area contributed by atoms with Gasteiger partial charge >= 0.3 is 5.97 Å².